The van der Waals surface area contributed by atoms with Crippen molar-refractivity contribution in [2.75, 3.05) is 26.7 Å². The Morgan fingerprint density at radius 1 is 1.75 bits per heavy atom. The van der Waals surface area contributed by atoms with Crippen LogP contribution in [-0.4, -0.2) is 42.7 Å². The lowest BCUT2D eigenvalue weighted by Crippen LogP contribution is -2.35. The lowest BCUT2D eigenvalue weighted by molar-refractivity contribution is 0.0854. The molecule has 0 spiro atoms. The summed E-state index contributed by atoms with van der Waals surface area (Å²) in [4.78, 5) is 2.66. The molecule has 1 aliphatic rings. The second kappa shape index (κ2) is 4.74. The first-order chi connectivity index (χ1) is 5.68. The van der Waals surface area contributed by atoms with Crippen LogP contribution in [0.25, 0.3) is 0 Å². The third-order valence-electron chi connectivity index (χ3n) is 1.97. The molecule has 1 heterocycles. The zero-order valence-corrected chi connectivity index (χ0v) is 8.27. The van der Waals surface area contributed by atoms with E-state index in [-0.39, 0.29) is 0 Å². The van der Waals surface area contributed by atoms with Gasteiger partial charge in [0, 0.05) is 19.7 Å². The van der Waals surface area contributed by atoms with Crippen molar-refractivity contribution in [1.82, 2.24) is 4.90 Å². The van der Waals surface area contributed by atoms with Gasteiger partial charge >= 0.3 is 0 Å². The Bertz CT molecular complexity index is 157. The largest absolute Gasteiger partial charge is 0.392 e. The molecule has 12 heavy (non-hydrogen) atoms. The maximum Gasteiger partial charge on any atom is 0.0869 e. The Labute approximate surface area is 78.9 Å². The molecular weight excluding hydrogens is 172 g/mol. The first kappa shape index (κ1) is 9.89. The molecule has 2 N–H and O–H groups in total. The average molecular weight is 188 g/mol. The third-order valence-corrected chi connectivity index (χ3v) is 2.09. The highest BCUT2D eigenvalue weighted by atomic mass is 32.1. The van der Waals surface area contributed by atoms with E-state index in [4.69, 9.17) is 22.7 Å². The number of rotatable bonds is 4. The van der Waals surface area contributed by atoms with E-state index >= 15 is 0 Å². The van der Waals surface area contributed by atoms with Crippen LogP contribution < -0.4 is 5.73 Å². The fourth-order valence-electron chi connectivity index (χ4n) is 1.47. The maximum atomic E-state index is 5.48. The van der Waals surface area contributed by atoms with Gasteiger partial charge in [-0.2, -0.15) is 0 Å². The van der Waals surface area contributed by atoms with E-state index in [2.05, 4.69) is 4.90 Å². The van der Waals surface area contributed by atoms with Crippen molar-refractivity contribution in [2.45, 2.75) is 18.9 Å². The van der Waals surface area contributed by atoms with Crippen molar-refractivity contribution >= 4 is 17.2 Å². The topological polar surface area (TPSA) is 38.5 Å². The molecule has 0 radical (unpaired) electrons. The van der Waals surface area contributed by atoms with Gasteiger partial charge in [-0.3, -0.25) is 4.90 Å². The number of nitrogens with zero attached hydrogens (tertiary/aromatic N) is 1. The van der Waals surface area contributed by atoms with Gasteiger partial charge < -0.3 is 10.5 Å². The average Bonchev–Trinajstić information content (AvgIpc) is 2.37. The summed E-state index contributed by atoms with van der Waals surface area (Å²) in [5, 5.41) is 0. The predicted molar refractivity (Wildman–Crippen MR) is 53.3 cm³/mol. The van der Waals surface area contributed by atoms with Crippen LogP contribution in [0, 0.1) is 0 Å². The molecule has 1 atom stereocenters. The molecule has 0 saturated carbocycles. The molecule has 1 aliphatic heterocycles. The molecule has 0 bridgehead atoms. The van der Waals surface area contributed by atoms with Crippen LogP contribution >= 0.6 is 12.2 Å². The molecule has 0 aromatic carbocycles. The van der Waals surface area contributed by atoms with Gasteiger partial charge in [0.25, 0.3) is 0 Å². The summed E-state index contributed by atoms with van der Waals surface area (Å²) in [7, 11) is 2.01. The second-order valence-electron chi connectivity index (χ2n) is 3.30. The standard InChI is InChI=1S/C8H16N2OS/c1-10(6-8(9)12)5-7-3-2-4-11-7/h7H,2-6H2,1H3,(H2,9,12). The van der Waals surface area contributed by atoms with Crippen LogP contribution in [0.2, 0.25) is 0 Å². The zero-order chi connectivity index (χ0) is 8.97. The van der Waals surface area contributed by atoms with E-state index in [0.717, 1.165) is 13.2 Å². The van der Waals surface area contributed by atoms with Gasteiger partial charge in [0.15, 0.2) is 0 Å². The molecule has 0 aliphatic carbocycles. The van der Waals surface area contributed by atoms with Gasteiger partial charge in [-0.25, -0.2) is 0 Å². The lowest BCUT2D eigenvalue weighted by Gasteiger charge is -2.19. The van der Waals surface area contributed by atoms with Crippen LogP contribution in [0.4, 0.5) is 0 Å². The van der Waals surface area contributed by atoms with Crippen molar-refractivity contribution in [2.24, 2.45) is 5.73 Å². The van der Waals surface area contributed by atoms with Crippen LogP contribution in [-0.2, 0) is 4.74 Å². The van der Waals surface area contributed by atoms with Gasteiger partial charge in [-0.05, 0) is 19.9 Å². The molecule has 4 heteroatoms. The highest BCUT2D eigenvalue weighted by molar-refractivity contribution is 7.80. The van der Waals surface area contributed by atoms with E-state index < -0.39 is 0 Å². The number of hydrogen-bond donors (Lipinski definition) is 1. The molecule has 0 aromatic heterocycles. The second-order valence-corrected chi connectivity index (χ2v) is 3.82. The molecule has 1 fully saturated rings. The summed E-state index contributed by atoms with van der Waals surface area (Å²) in [5.74, 6) is 0. The third kappa shape index (κ3) is 3.47. The van der Waals surface area contributed by atoms with E-state index in [0.29, 0.717) is 17.6 Å². The summed E-state index contributed by atoms with van der Waals surface area (Å²) >= 11 is 4.81. The summed E-state index contributed by atoms with van der Waals surface area (Å²) < 4.78 is 5.48. The van der Waals surface area contributed by atoms with Crippen molar-refractivity contribution < 1.29 is 4.74 Å². The van der Waals surface area contributed by atoms with Crippen LogP contribution in [0.1, 0.15) is 12.8 Å². The summed E-state index contributed by atoms with van der Waals surface area (Å²) in [5.41, 5.74) is 5.42. The maximum absolute atomic E-state index is 5.48. The van der Waals surface area contributed by atoms with Gasteiger partial charge in [-0.1, -0.05) is 12.2 Å². The van der Waals surface area contributed by atoms with Crippen molar-refractivity contribution in [3.05, 3.63) is 0 Å². The van der Waals surface area contributed by atoms with E-state index in [1.807, 2.05) is 7.05 Å². The smallest absolute Gasteiger partial charge is 0.0869 e. The number of hydrogen-bond acceptors (Lipinski definition) is 3. The minimum absolute atomic E-state index is 0.393. The number of nitrogens with two attached hydrogens (primary N) is 1. The zero-order valence-electron chi connectivity index (χ0n) is 7.45. The Morgan fingerprint density at radius 3 is 3.00 bits per heavy atom. The monoisotopic (exact) mass is 188 g/mol. The lowest BCUT2D eigenvalue weighted by atomic mass is 10.2. The minimum atomic E-state index is 0.393. The fourth-order valence-corrected chi connectivity index (χ4v) is 1.69. The summed E-state index contributed by atoms with van der Waals surface area (Å²) in [6, 6.07) is 0. The van der Waals surface area contributed by atoms with Crippen LogP contribution in [0.3, 0.4) is 0 Å². The van der Waals surface area contributed by atoms with E-state index in [1.165, 1.54) is 12.8 Å². The minimum Gasteiger partial charge on any atom is -0.392 e. The molecule has 0 amide bonds. The molecular formula is C8H16N2OS. The van der Waals surface area contributed by atoms with Crippen LogP contribution in [0.15, 0.2) is 0 Å². The Hall–Kier alpha value is -0.190. The van der Waals surface area contributed by atoms with Gasteiger partial charge in [0.2, 0.25) is 0 Å². The van der Waals surface area contributed by atoms with E-state index in [9.17, 15) is 0 Å². The first-order valence-corrected chi connectivity index (χ1v) is 4.68. The first-order valence-electron chi connectivity index (χ1n) is 4.27. The quantitative estimate of drug-likeness (QED) is 0.648. The molecule has 0 aromatic rings. The van der Waals surface area contributed by atoms with Crippen molar-refractivity contribution in [1.29, 1.82) is 0 Å². The summed E-state index contributed by atoms with van der Waals surface area (Å²) in [6.45, 7) is 2.54. The molecule has 1 unspecified atom stereocenters. The van der Waals surface area contributed by atoms with Crippen molar-refractivity contribution in [3.8, 4) is 0 Å². The number of ether oxygens (including phenoxy) is 1. The normalized spacial score (nSPS) is 23.3. The highest BCUT2D eigenvalue weighted by Crippen LogP contribution is 2.12. The highest BCUT2D eigenvalue weighted by Gasteiger charge is 2.17. The number of likely N-dealkylation sites (N-methyl/N-ethyl adjacent to an activating group) is 1. The van der Waals surface area contributed by atoms with Crippen molar-refractivity contribution in [3.63, 3.8) is 0 Å². The SMILES string of the molecule is CN(CC(N)=S)CC1CCCO1. The van der Waals surface area contributed by atoms with E-state index in [1.54, 1.807) is 0 Å². The Kier molecular flexibility index (Phi) is 3.91. The summed E-state index contributed by atoms with van der Waals surface area (Å²) in [6.07, 6.45) is 2.75. The number of thiocarbonyl (C=S) groups is 1. The molecule has 1 rings (SSSR count). The van der Waals surface area contributed by atoms with Gasteiger partial charge in [0.1, 0.15) is 0 Å². The fraction of sp³-hybridized carbons (Fsp3) is 0.875. The molecule has 70 valence electrons. The van der Waals surface area contributed by atoms with Crippen LogP contribution in [0.5, 0.6) is 0 Å². The predicted octanol–water partition coefficient (Wildman–Crippen LogP) is 0.383. The van der Waals surface area contributed by atoms with Gasteiger partial charge in [-0.15, -0.1) is 0 Å². The molecule has 1 saturated heterocycles. The Balaban J connectivity index is 2.16. The Morgan fingerprint density at radius 2 is 2.50 bits per heavy atom. The van der Waals surface area contributed by atoms with Gasteiger partial charge in [0.05, 0.1) is 11.1 Å². The molecule has 3 nitrogen and oxygen atoms in total.